The molecule has 0 saturated carbocycles. The number of methoxy groups -OCH3 is 2. The number of benzene rings is 3. The molecule has 3 rings (SSSR count). The number of carbonyl (C=O) groups excluding carboxylic acids is 1. The van der Waals surface area contributed by atoms with Crippen LogP contribution in [0.4, 0.5) is 0 Å². The van der Waals surface area contributed by atoms with Crippen molar-refractivity contribution in [2.75, 3.05) is 21.0 Å². The van der Waals surface area contributed by atoms with Gasteiger partial charge >= 0.3 is 5.97 Å². The van der Waals surface area contributed by atoms with E-state index in [-0.39, 0.29) is 6.79 Å². The number of rotatable bonds is 7. The smallest absolute Gasteiger partial charge is 0.337 e. The van der Waals surface area contributed by atoms with Gasteiger partial charge in [0, 0.05) is 12.7 Å². The molecule has 3 aromatic carbocycles. The number of aliphatic hydroxyl groups excluding tert-OH is 1. The van der Waals surface area contributed by atoms with E-state index in [9.17, 15) is 9.90 Å². The number of carbonyl (C=O) groups is 1. The van der Waals surface area contributed by atoms with Gasteiger partial charge in [-0.15, -0.1) is 0 Å². The minimum Gasteiger partial charge on any atom is -0.467 e. The lowest BCUT2D eigenvalue weighted by molar-refractivity contribution is 0.0487. The highest BCUT2D eigenvalue weighted by Crippen LogP contribution is 2.34. The Morgan fingerprint density at radius 3 is 2.29 bits per heavy atom. The van der Waals surface area contributed by atoms with Crippen LogP contribution in [0.3, 0.4) is 0 Å². The molecule has 3 aromatic rings. The first kappa shape index (κ1) is 19.6. The zero-order valence-corrected chi connectivity index (χ0v) is 15.8. The maximum atomic E-state index is 11.6. The number of aliphatic hydroxyl groups is 1. The highest BCUT2D eigenvalue weighted by atomic mass is 16.7. The monoisotopic (exact) mass is 378 g/mol. The van der Waals surface area contributed by atoms with Gasteiger partial charge in [0.05, 0.1) is 12.7 Å². The first-order valence-corrected chi connectivity index (χ1v) is 8.81. The van der Waals surface area contributed by atoms with E-state index in [2.05, 4.69) is 0 Å². The lowest BCUT2D eigenvalue weighted by Gasteiger charge is -2.18. The van der Waals surface area contributed by atoms with Crippen LogP contribution in [0.5, 0.6) is 5.75 Å². The first-order valence-electron chi connectivity index (χ1n) is 8.81. The van der Waals surface area contributed by atoms with E-state index in [0.717, 1.165) is 11.1 Å². The minimum absolute atomic E-state index is 0.0751. The molecule has 0 fully saturated rings. The highest BCUT2D eigenvalue weighted by Gasteiger charge is 2.18. The van der Waals surface area contributed by atoms with Gasteiger partial charge in [-0.1, -0.05) is 48.5 Å². The third-order valence-corrected chi connectivity index (χ3v) is 4.39. The summed E-state index contributed by atoms with van der Waals surface area (Å²) in [5.74, 6) is 0.113. The summed E-state index contributed by atoms with van der Waals surface area (Å²) in [5, 5.41) is 11.0. The normalized spacial score (nSPS) is 11.7. The summed E-state index contributed by atoms with van der Waals surface area (Å²) in [5.41, 5.74) is 3.68. The second-order valence-electron chi connectivity index (χ2n) is 6.19. The van der Waals surface area contributed by atoms with Gasteiger partial charge in [0.2, 0.25) is 0 Å². The Hall–Kier alpha value is -3.15. The molecular formula is C23H22O5. The largest absolute Gasteiger partial charge is 0.467 e. The van der Waals surface area contributed by atoms with Crippen molar-refractivity contribution in [3.8, 4) is 16.9 Å². The molecule has 144 valence electrons. The molecule has 0 heterocycles. The lowest BCUT2D eigenvalue weighted by atomic mass is 9.95. The minimum atomic E-state index is -0.929. The van der Waals surface area contributed by atoms with Crippen LogP contribution in [0.2, 0.25) is 0 Å². The van der Waals surface area contributed by atoms with E-state index in [0.29, 0.717) is 22.4 Å². The zero-order valence-electron chi connectivity index (χ0n) is 15.8. The topological polar surface area (TPSA) is 65.0 Å². The van der Waals surface area contributed by atoms with Gasteiger partial charge in [0.25, 0.3) is 0 Å². The zero-order chi connectivity index (χ0) is 19.9. The van der Waals surface area contributed by atoms with Crippen LogP contribution in [0.15, 0.2) is 72.8 Å². The van der Waals surface area contributed by atoms with Gasteiger partial charge in [-0.3, -0.25) is 0 Å². The van der Waals surface area contributed by atoms with Crippen molar-refractivity contribution >= 4 is 5.97 Å². The second-order valence-corrected chi connectivity index (χ2v) is 6.19. The van der Waals surface area contributed by atoms with Gasteiger partial charge in [-0.2, -0.15) is 0 Å². The molecule has 0 radical (unpaired) electrons. The Balaban J connectivity index is 1.98. The third kappa shape index (κ3) is 4.39. The summed E-state index contributed by atoms with van der Waals surface area (Å²) in [7, 11) is 2.87. The quantitative estimate of drug-likeness (QED) is 0.493. The van der Waals surface area contributed by atoms with E-state index in [1.54, 1.807) is 31.4 Å². The fourth-order valence-electron chi connectivity index (χ4n) is 2.93. The summed E-state index contributed by atoms with van der Waals surface area (Å²) in [4.78, 5) is 11.6. The van der Waals surface area contributed by atoms with E-state index in [1.165, 1.54) is 7.11 Å². The highest BCUT2D eigenvalue weighted by molar-refractivity contribution is 5.89. The van der Waals surface area contributed by atoms with Crippen molar-refractivity contribution in [1.29, 1.82) is 0 Å². The SMILES string of the molecule is COCOc1ccc(-c2ccccc2)cc1C(O)c1ccc(C(=O)OC)cc1. The van der Waals surface area contributed by atoms with E-state index in [1.807, 2.05) is 48.5 Å². The van der Waals surface area contributed by atoms with Crippen LogP contribution < -0.4 is 4.74 Å². The van der Waals surface area contributed by atoms with Gasteiger partial charge in [0.15, 0.2) is 6.79 Å². The van der Waals surface area contributed by atoms with Gasteiger partial charge in [-0.25, -0.2) is 4.79 Å². The van der Waals surface area contributed by atoms with Crippen LogP contribution in [0, 0.1) is 0 Å². The predicted molar refractivity (Wildman–Crippen MR) is 106 cm³/mol. The fourth-order valence-corrected chi connectivity index (χ4v) is 2.93. The predicted octanol–water partition coefficient (Wildman–Crippen LogP) is 4.20. The maximum absolute atomic E-state index is 11.6. The van der Waals surface area contributed by atoms with Gasteiger partial charge in [0.1, 0.15) is 11.9 Å². The second kappa shape index (κ2) is 9.17. The van der Waals surface area contributed by atoms with Gasteiger partial charge < -0.3 is 19.3 Å². The average molecular weight is 378 g/mol. The Morgan fingerprint density at radius 2 is 1.64 bits per heavy atom. The van der Waals surface area contributed by atoms with Crippen LogP contribution in [0.25, 0.3) is 11.1 Å². The molecule has 28 heavy (non-hydrogen) atoms. The van der Waals surface area contributed by atoms with Crippen molar-refractivity contribution in [2.24, 2.45) is 0 Å². The Labute approximate surface area is 164 Å². The van der Waals surface area contributed by atoms with E-state index >= 15 is 0 Å². The maximum Gasteiger partial charge on any atom is 0.337 e. The Bertz CT molecular complexity index is 919. The molecule has 1 atom stereocenters. The summed E-state index contributed by atoms with van der Waals surface area (Å²) < 4.78 is 15.4. The molecular weight excluding hydrogens is 356 g/mol. The van der Waals surface area contributed by atoms with Crippen LogP contribution in [-0.2, 0) is 9.47 Å². The first-order chi connectivity index (χ1) is 13.6. The molecule has 0 aromatic heterocycles. The molecule has 5 nitrogen and oxygen atoms in total. The molecule has 0 bridgehead atoms. The number of esters is 1. The Morgan fingerprint density at radius 1 is 0.929 bits per heavy atom. The molecule has 0 amide bonds. The van der Waals surface area contributed by atoms with Gasteiger partial charge in [-0.05, 0) is 41.0 Å². The lowest BCUT2D eigenvalue weighted by Crippen LogP contribution is -2.07. The average Bonchev–Trinajstić information content (AvgIpc) is 2.77. The van der Waals surface area contributed by atoms with Crippen molar-refractivity contribution in [2.45, 2.75) is 6.10 Å². The fraction of sp³-hybridized carbons (Fsp3) is 0.174. The van der Waals surface area contributed by atoms with Crippen molar-refractivity contribution in [1.82, 2.24) is 0 Å². The summed E-state index contributed by atoms with van der Waals surface area (Å²) in [6.45, 7) is 0.0751. The molecule has 0 saturated heterocycles. The van der Waals surface area contributed by atoms with Crippen molar-refractivity contribution in [3.63, 3.8) is 0 Å². The summed E-state index contributed by atoms with van der Waals surface area (Å²) >= 11 is 0. The molecule has 0 aliphatic heterocycles. The summed E-state index contributed by atoms with van der Waals surface area (Å²) in [6, 6.07) is 22.2. The third-order valence-electron chi connectivity index (χ3n) is 4.39. The number of hydrogen-bond acceptors (Lipinski definition) is 5. The van der Waals surface area contributed by atoms with Crippen LogP contribution in [0.1, 0.15) is 27.6 Å². The molecule has 5 heteroatoms. The van der Waals surface area contributed by atoms with Crippen LogP contribution in [-0.4, -0.2) is 32.1 Å². The molecule has 0 aliphatic carbocycles. The molecule has 1 N–H and O–H groups in total. The number of hydrogen-bond donors (Lipinski definition) is 1. The molecule has 0 aliphatic rings. The molecule has 0 spiro atoms. The van der Waals surface area contributed by atoms with E-state index < -0.39 is 12.1 Å². The summed E-state index contributed by atoms with van der Waals surface area (Å²) in [6.07, 6.45) is -0.929. The number of ether oxygens (including phenoxy) is 3. The van der Waals surface area contributed by atoms with Crippen molar-refractivity contribution in [3.05, 3.63) is 89.5 Å². The van der Waals surface area contributed by atoms with E-state index in [4.69, 9.17) is 14.2 Å². The van der Waals surface area contributed by atoms with Crippen LogP contribution >= 0.6 is 0 Å². The molecule has 1 unspecified atom stereocenters. The standard InChI is InChI=1S/C23H22O5/c1-26-15-28-21-13-12-19(16-6-4-3-5-7-16)14-20(21)22(24)17-8-10-18(11-9-17)23(25)27-2/h3-14,22,24H,15H2,1-2H3. The van der Waals surface area contributed by atoms with Crippen molar-refractivity contribution < 1.29 is 24.1 Å². The Kier molecular flexibility index (Phi) is 6.42.